The molecule has 2 amide bonds. The van der Waals surface area contributed by atoms with Crippen LogP contribution in [0.2, 0.25) is 0 Å². The fraction of sp³-hybridized carbons (Fsp3) is 0.471. The summed E-state index contributed by atoms with van der Waals surface area (Å²) in [6.07, 6.45) is 0. The largest absolute Gasteiger partial charge is 0.480 e. The second kappa shape index (κ2) is 9.47. The van der Waals surface area contributed by atoms with Gasteiger partial charge in [0.1, 0.15) is 6.04 Å². The molecule has 0 aliphatic rings. The zero-order valence-electron chi connectivity index (χ0n) is 15.8. The summed E-state index contributed by atoms with van der Waals surface area (Å²) >= 11 is 0. The van der Waals surface area contributed by atoms with E-state index in [0.717, 1.165) is 4.90 Å². The molecule has 0 heterocycles. The fourth-order valence-electron chi connectivity index (χ4n) is 2.27. The molecule has 10 heteroatoms. The van der Waals surface area contributed by atoms with E-state index in [1.54, 1.807) is 13.8 Å². The third-order valence-corrected chi connectivity index (χ3v) is 6.22. The van der Waals surface area contributed by atoms with Gasteiger partial charge < -0.3 is 15.3 Å². The van der Waals surface area contributed by atoms with E-state index < -0.39 is 40.4 Å². The lowest BCUT2D eigenvalue weighted by Gasteiger charge is -2.21. The predicted molar refractivity (Wildman–Crippen MR) is 98.7 cm³/mol. The van der Waals surface area contributed by atoms with E-state index in [1.807, 2.05) is 0 Å². The SMILES string of the molecule is CCN(CC)S(=O)(=O)c1cccc(C(=O)NCC(=O)N(C)C(C)C(=O)O)c1. The van der Waals surface area contributed by atoms with Crippen LogP contribution in [-0.2, 0) is 19.6 Å². The van der Waals surface area contributed by atoms with Gasteiger partial charge in [0.2, 0.25) is 15.9 Å². The maximum atomic E-state index is 12.5. The van der Waals surface area contributed by atoms with Gasteiger partial charge in [0, 0.05) is 25.7 Å². The standard InChI is InChI=1S/C17H25N3O6S/c1-5-20(6-2)27(25,26)14-9-7-8-13(10-14)16(22)18-11-15(21)19(4)12(3)17(23)24/h7-10,12H,5-6,11H2,1-4H3,(H,18,22)(H,23,24). The third-order valence-electron chi connectivity index (χ3n) is 4.17. The van der Waals surface area contributed by atoms with Gasteiger partial charge in [0.05, 0.1) is 11.4 Å². The Hall–Kier alpha value is -2.46. The van der Waals surface area contributed by atoms with Crippen LogP contribution in [0.1, 0.15) is 31.1 Å². The molecule has 0 spiro atoms. The van der Waals surface area contributed by atoms with Gasteiger partial charge in [0.15, 0.2) is 0 Å². The number of likely N-dealkylation sites (N-methyl/N-ethyl adjacent to an activating group) is 1. The average Bonchev–Trinajstić information content (AvgIpc) is 2.65. The third kappa shape index (κ3) is 5.51. The van der Waals surface area contributed by atoms with Crippen molar-refractivity contribution in [3.63, 3.8) is 0 Å². The first-order valence-corrected chi connectivity index (χ1v) is 9.87. The first kappa shape index (κ1) is 22.6. The molecule has 1 rings (SSSR count). The number of aliphatic carboxylic acids is 1. The van der Waals surface area contributed by atoms with Gasteiger partial charge >= 0.3 is 5.97 Å². The minimum absolute atomic E-state index is 0.0122. The molecule has 0 saturated heterocycles. The van der Waals surface area contributed by atoms with Gasteiger partial charge in [-0.3, -0.25) is 9.59 Å². The van der Waals surface area contributed by atoms with Crippen LogP contribution in [-0.4, -0.2) is 73.2 Å². The van der Waals surface area contributed by atoms with Crippen molar-refractivity contribution in [3.05, 3.63) is 29.8 Å². The number of hydrogen-bond acceptors (Lipinski definition) is 5. The lowest BCUT2D eigenvalue weighted by Crippen LogP contribution is -2.45. The fourth-order valence-corrected chi connectivity index (χ4v) is 3.78. The summed E-state index contributed by atoms with van der Waals surface area (Å²) in [4.78, 5) is 36.1. The van der Waals surface area contributed by atoms with Crippen LogP contribution in [0.25, 0.3) is 0 Å². The maximum absolute atomic E-state index is 12.5. The molecule has 0 saturated carbocycles. The quantitative estimate of drug-likeness (QED) is 0.619. The van der Waals surface area contributed by atoms with E-state index in [-0.39, 0.29) is 10.5 Å². The molecule has 27 heavy (non-hydrogen) atoms. The first-order chi connectivity index (χ1) is 12.6. The summed E-state index contributed by atoms with van der Waals surface area (Å²) in [5.41, 5.74) is 0.0879. The van der Waals surface area contributed by atoms with Crippen molar-refractivity contribution >= 4 is 27.8 Å². The minimum atomic E-state index is -3.71. The van der Waals surface area contributed by atoms with Crippen LogP contribution in [0.5, 0.6) is 0 Å². The zero-order chi connectivity index (χ0) is 20.8. The van der Waals surface area contributed by atoms with Crippen molar-refractivity contribution in [2.45, 2.75) is 31.7 Å². The summed E-state index contributed by atoms with van der Waals surface area (Å²) in [5.74, 6) is -2.37. The van der Waals surface area contributed by atoms with Gasteiger partial charge in [0.25, 0.3) is 5.91 Å². The molecule has 1 atom stereocenters. The number of sulfonamides is 1. The van der Waals surface area contributed by atoms with Crippen molar-refractivity contribution in [2.24, 2.45) is 0 Å². The van der Waals surface area contributed by atoms with E-state index in [9.17, 15) is 22.8 Å². The van der Waals surface area contributed by atoms with E-state index in [0.29, 0.717) is 13.1 Å². The molecular weight excluding hydrogens is 374 g/mol. The number of nitrogens with one attached hydrogen (secondary N) is 1. The van der Waals surface area contributed by atoms with Gasteiger partial charge in [-0.2, -0.15) is 4.31 Å². The molecule has 0 radical (unpaired) electrons. The maximum Gasteiger partial charge on any atom is 0.326 e. The number of amides is 2. The lowest BCUT2D eigenvalue weighted by molar-refractivity contribution is -0.147. The minimum Gasteiger partial charge on any atom is -0.480 e. The highest BCUT2D eigenvalue weighted by Crippen LogP contribution is 2.17. The number of nitrogens with zero attached hydrogens (tertiary/aromatic N) is 2. The molecule has 0 aliphatic heterocycles. The van der Waals surface area contributed by atoms with Crippen LogP contribution < -0.4 is 5.32 Å². The Kier molecular flexibility index (Phi) is 7.92. The highest BCUT2D eigenvalue weighted by Gasteiger charge is 2.24. The molecule has 9 nitrogen and oxygen atoms in total. The summed E-state index contributed by atoms with van der Waals surface area (Å²) in [6.45, 7) is 5.00. The number of carbonyl (C=O) groups excluding carboxylic acids is 2. The molecule has 0 bridgehead atoms. The Labute approximate surface area is 159 Å². The number of carbonyl (C=O) groups is 3. The average molecular weight is 399 g/mol. The molecule has 2 N–H and O–H groups in total. The number of hydrogen-bond donors (Lipinski definition) is 2. The van der Waals surface area contributed by atoms with E-state index in [1.165, 1.54) is 42.5 Å². The smallest absolute Gasteiger partial charge is 0.326 e. The predicted octanol–water partition coefficient (Wildman–Crippen LogP) is 0.378. The van der Waals surface area contributed by atoms with Crippen LogP contribution >= 0.6 is 0 Å². The van der Waals surface area contributed by atoms with Crippen molar-refractivity contribution in [3.8, 4) is 0 Å². The number of rotatable bonds is 9. The Morgan fingerprint density at radius 2 is 1.78 bits per heavy atom. The van der Waals surface area contributed by atoms with E-state index in [4.69, 9.17) is 5.11 Å². The normalized spacial score (nSPS) is 12.5. The van der Waals surface area contributed by atoms with Crippen molar-refractivity contribution < 1.29 is 27.9 Å². The van der Waals surface area contributed by atoms with Gasteiger partial charge in [-0.15, -0.1) is 0 Å². The molecule has 1 aromatic rings. The second-order valence-corrected chi connectivity index (χ2v) is 7.76. The Morgan fingerprint density at radius 3 is 2.30 bits per heavy atom. The summed E-state index contributed by atoms with van der Waals surface area (Å²) in [6, 6.07) is 4.50. The van der Waals surface area contributed by atoms with Gasteiger partial charge in [-0.05, 0) is 25.1 Å². The molecular formula is C17H25N3O6S. The molecule has 150 valence electrons. The van der Waals surface area contributed by atoms with Crippen molar-refractivity contribution in [1.82, 2.24) is 14.5 Å². The zero-order valence-corrected chi connectivity index (χ0v) is 16.6. The van der Waals surface area contributed by atoms with E-state index >= 15 is 0 Å². The highest BCUT2D eigenvalue weighted by molar-refractivity contribution is 7.89. The van der Waals surface area contributed by atoms with Gasteiger partial charge in [-0.25, -0.2) is 13.2 Å². The summed E-state index contributed by atoms with van der Waals surface area (Å²) in [5, 5.41) is 11.3. The van der Waals surface area contributed by atoms with Crippen LogP contribution in [0, 0.1) is 0 Å². The molecule has 0 fully saturated rings. The highest BCUT2D eigenvalue weighted by atomic mass is 32.2. The Morgan fingerprint density at radius 1 is 1.19 bits per heavy atom. The van der Waals surface area contributed by atoms with Crippen LogP contribution in [0.15, 0.2) is 29.2 Å². The van der Waals surface area contributed by atoms with E-state index in [2.05, 4.69) is 5.32 Å². The molecule has 1 aromatic carbocycles. The number of carboxylic acids is 1. The summed E-state index contributed by atoms with van der Waals surface area (Å²) < 4.78 is 26.4. The molecule has 1 unspecified atom stereocenters. The van der Waals surface area contributed by atoms with Gasteiger partial charge in [-0.1, -0.05) is 19.9 Å². The van der Waals surface area contributed by atoms with Crippen molar-refractivity contribution in [2.75, 3.05) is 26.7 Å². The number of carboxylic acid groups (broad SMARTS) is 1. The topological polar surface area (TPSA) is 124 Å². The lowest BCUT2D eigenvalue weighted by atomic mass is 10.2. The second-order valence-electron chi connectivity index (χ2n) is 5.82. The number of benzene rings is 1. The summed E-state index contributed by atoms with van der Waals surface area (Å²) in [7, 11) is -2.39. The first-order valence-electron chi connectivity index (χ1n) is 8.43. The Balaban J connectivity index is 2.89. The van der Waals surface area contributed by atoms with Crippen LogP contribution in [0.3, 0.4) is 0 Å². The van der Waals surface area contributed by atoms with Crippen LogP contribution in [0.4, 0.5) is 0 Å². The van der Waals surface area contributed by atoms with Crippen molar-refractivity contribution in [1.29, 1.82) is 0 Å². The monoisotopic (exact) mass is 399 g/mol. The molecule has 0 aromatic heterocycles. The molecule has 0 aliphatic carbocycles. The Bertz CT molecular complexity index is 805.